The van der Waals surface area contributed by atoms with Crippen molar-refractivity contribution in [1.82, 2.24) is 20.0 Å². The largest absolute Gasteiger partial charge is 0.341 e. The molecule has 2 aliphatic heterocycles. The van der Waals surface area contributed by atoms with Crippen LogP contribution in [0, 0.1) is 0 Å². The number of nitrogens with zero attached hydrogens (tertiary/aromatic N) is 3. The fraction of sp³-hybridized carbons (Fsp3) is 0.692. The van der Waals surface area contributed by atoms with Gasteiger partial charge in [0.05, 0.1) is 0 Å². The molecular formula is C26H53N5O2. The summed E-state index contributed by atoms with van der Waals surface area (Å²) in [6, 6.07) is 10.7. The lowest BCUT2D eigenvalue weighted by Gasteiger charge is -2.25. The van der Waals surface area contributed by atoms with E-state index in [2.05, 4.69) is 42.2 Å². The van der Waals surface area contributed by atoms with Gasteiger partial charge in [-0.3, -0.25) is 0 Å². The molecule has 7 heteroatoms. The summed E-state index contributed by atoms with van der Waals surface area (Å²) in [4.78, 5) is 27.4. The van der Waals surface area contributed by atoms with Crippen molar-refractivity contribution in [2.75, 3.05) is 53.9 Å². The van der Waals surface area contributed by atoms with Gasteiger partial charge in [0.2, 0.25) is 0 Å². The normalized spacial score (nSPS) is 13.8. The minimum absolute atomic E-state index is 0.0692. The van der Waals surface area contributed by atoms with Crippen LogP contribution in [0.15, 0.2) is 30.3 Å². The number of nitrogens with one attached hydrogen (secondary N) is 1. The molecule has 0 bridgehead atoms. The molecule has 2 aliphatic rings. The van der Waals surface area contributed by atoms with Gasteiger partial charge in [-0.2, -0.15) is 0 Å². The summed E-state index contributed by atoms with van der Waals surface area (Å²) in [5.41, 5.74) is 5.91. The fourth-order valence-electron chi connectivity index (χ4n) is 2.97. The fourth-order valence-corrected chi connectivity index (χ4v) is 2.97. The third-order valence-electron chi connectivity index (χ3n) is 4.79. The average Bonchev–Trinajstić information content (AvgIpc) is 3.25. The quantitative estimate of drug-likeness (QED) is 0.638. The number of urea groups is 2. The Morgan fingerprint density at radius 3 is 1.73 bits per heavy atom. The number of likely N-dealkylation sites (N-methyl/N-ethyl adjacent to an activating group) is 2. The first kappa shape index (κ1) is 35.3. The van der Waals surface area contributed by atoms with E-state index in [0.717, 1.165) is 52.0 Å². The number of likely N-dealkylation sites (tertiary alicyclic amines) is 1. The number of amides is 4. The highest BCUT2D eigenvalue weighted by molar-refractivity contribution is 5.76. The molecule has 3 rings (SSSR count). The third-order valence-corrected chi connectivity index (χ3v) is 4.79. The molecule has 0 radical (unpaired) electrons. The molecule has 0 saturated carbocycles. The van der Waals surface area contributed by atoms with E-state index < -0.39 is 0 Å². The third kappa shape index (κ3) is 16.9. The molecule has 2 fully saturated rings. The van der Waals surface area contributed by atoms with E-state index in [9.17, 15) is 9.59 Å². The van der Waals surface area contributed by atoms with Crippen LogP contribution in [0.1, 0.15) is 66.4 Å². The molecule has 3 N–H and O–H groups in total. The predicted molar refractivity (Wildman–Crippen MR) is 144 cm³/mol. The zero-order valence-electron chi connectivity index (χ0n) is 23.0. The number of carbonyl (C=O) groups excluding carboxylic acids is 2. The Morgan fingerprint density at radius 1 is 0.909 bits per heavy atom. The zero-order chi connectivity index (χ0) is 26.1. The molecule has 2 heterocycles. The highest BCUT2D eigenvalue weighted by Gasteiger charge is 2.22. The molecule has 0 atom stereocenters. The Morgan fingerprint density at radius 2 is 1.42 bits per heavy atom. The van der Waals surface area contributed by atoms with Gasteiger partial charge < -0.3 is 25.8 Å². The Bertz CT molecular complexity index is 549. The van der Waals surface area contributed by atoms with E-state index in [0.29, 0.717) is 0 Å². The van der Waals surface area contributed by atoms with Gasteiger partial charge in [-0.05, 0) is 45.2 Å². The summed E-state index contributed by atoms with van der Waals surface area (Å²) in [6.45, 7) is 16.6. The van der Waals surface area contributed by atoms with Gasteiger partial charge in [-0.1, -0.05) is 65.0 Å². The first-order valence-corrected chi connectivity index (χ1v) is 12.6. The van der Waals surface area contributed by atoms with E-state index in [1.807, 2.05) is 57.5 Å². The number of benzene rings is 1. The van der Waals surface area contributed by atoms with Crippen molar-refractivity contribution in [3.05, 3.63) is 35.9 Å². The molecule has 0 aromatic heterocycles. The number of piperidine rings is 1. The maximum atomic E-state index is 11.0. The Kier molecular flexibility index (Phi) is 27.8. The molecular weight excluding hydrogens is 414 g/mol. The molecule has 0 unspecified atom stereocenters. The number of nitrogens with two attached hydrogens (primary N) is 1. The molecule has 2 saturated heterocycles. The van der Waals surface area contributed by atoms with Gasteiger partial charge in [0.25, 0.3) is 0 Å². The molecule has 194 valence electrons. The van der Waals surface area contributed by atoms with Crippen LogP contribution in [0.25, 0.3) is 0 Å². The minimum atomic E-state index is 0.0692. The van der Waals surface area contributed by atoms with E-state index in [1.54, 1.807) is 11.9 Å². The summed E-state index contributed by atoms with van der Waals surface area (Å²) < 4.78 is 0. The van der Waals surface area contributed by atoms with Gasteiger partial charge in [-0.25, -0.2) is 9.59 Å². The summed E-state index contributed by atoms with van der Waals surface area (Å²) in [7, 11) is 5.01. The summed E-state index contributed by atoms with van der Waals surface area (Å²) in [6.07, 6.45) is 4.73. The maximum absolute atomic E-state index is 11.0. The van der Waals surface area contributed by atoms with Crippen LogP contribution < -0.4 is 11.1 Å². The second-order valence-electron chi connectivity index (χ2n) is 6.73. The maximum Gasteiger partial charge on any atom is 0.319 e. The number of carbonyl (C=O) groups is 2. The molecule has 1 aromatic rings. The molecule has 7 nitrogen and oxygen atoms in total. The van der Waals surface area contributed by atoms with Crippen molar-refractivity contribution >= 4 is 12.1 Å². The number of hydrogen-bond donors (Lipinski definition) is 2. The van der Waals surface area contributed by atoms with Crippen LogP contribution in [0.3, 0.4) is 0 Å². The van der Waals surface area contributed by atoms with Crippen LogP contribution in [0.5, 0.6) is 0 Å². The molecule has 0 spiro atoms. The summed E-state index contributed by atoms with van der Waals surface area (Å²) in [5.74, 6) is 0. The van der Waals surface area contributed by atoms with E-state index in [4.69, 9.17) is 0 Å². The Labute approximate surface area is 204 Å². The lowest BCUT2D eigenvalue weighted by molar-refractivity contribution is 0.188. The first-order chi connectivity index (χ1) is 16.0. The van der Waals surface area contributed by atoms with Gasteiger partial charge in [0.15, 0.2) is 0 Å². The van der Waals surface area contributed by atoms with E-state index in [1.165, 1.54) is 19.0 Å². The number of aryl methyl sites for hydroxylation is 1. The molecule has 33 heavy (non-hydrogen) atoms. The standard InChI is InChI=1S/C8H10.C7H14N2O.C6H12N2O.2C2H6.CH5N/c1-2-8-6-4-3-5-7-8;1-8-7(10)9-5-3-2-4-6-9;1-3-8-5-4-7(2)6(8)9;3*1-2/h3-7H,2H2,1H3;2-6H2,1H3,(H,8,10);3-5H2,1-2H3;2*1-2H3;2H2,1H3. The van der Waals surface area contributed by atoms with Crippen LogP contribution in [0.2, 0.25) is 0 Å². The van der Waals surface area contributed by atoms with Crippen molar-refractivity contribution in [3.8, 4) is 0 Å². The van der Waals surface area contributed by atoms with Crippen molar-refractivity contribution < 1.29 is 9.59 Å². The summed E-state index contributed by atoms with van der Waals surface area (Å²) in [5, 5.41) is 2.62. The lowest BCUT2D eigenvalue weighted by atomic mass is 10.1. The predicted octanol–water partition coefficient (Wildman–Crippen LogP) is 5.06. The van der Waals surface area contributed by atoms with Crippen molar-refractivity contribution in [1.29, 1.82) is 0 Å². The van der Waals surface area contributed by atoms with Crippen LogP contribution in [-0.4, -0.2) is 80.6 Å². The van der Waals surface area contributed by atoms with Gasteiger partial charge in [0.1, 0.15) is 0 Å². The molecule has 0 aliphatic carbocycles. The molecule has 1 aromatic carbocycles. The second kappa shape index (κ2) is 26.0. The monoisotopic (exact) mass is 467 g/mol. The van der Waals surface area contributed by atoms with Crippen molar-refractivity contribution in [2.45, 2.75) is 67.2 Å². The highest BCUT2D eigenvalue weighted by Crippen LogP contribution is 2.07. The average molecular weight is 468 g/mol. The lowest BCUT2D eigenvalue weighted by Crippen LogP contribution is -2.41. The smallest absolute Gasteiger partial charge is 0.319 e. The van der Waals surface area contributed by atoms with Crippen LogP contribution >= 0.6 is 0 Å². The van der Waals surface area contributed by atoms with Gasteiger partial charge in [-0.15, -0.1) is 0 Å². The topological polar surface area (TPSA) is 81.9 Å². The van der Waals surface area contributed by atoms with E-state index >= 15 is 0 Å². The van der Waals surface area contributed by atoms with Gasteiger partial charge >= 0.3 is 12.1 Å². The van der Waals surface area contributed by atoms with Crippen molar-refractivity contribution in [3.63, 3.8) is 0 Å². The molecule has 4 amide bonds. The van der Waals surface area contributed by atoms with E-state index in [-0.39, 0.29) is 12.1 Å². The van der Waals surface area contributed by atoms with Crippen LogP contribution in [0.4, 0.5) is 9.59 Å². The SMILES string of the molecule is CC.CC.CCN1CCN(C)C1=O.CCc1ccccc1.CN.CNC(=O)N1CCCCC1. The second-order valence-corrected chi connectivity index (χ2v) is 6.73. The number of hydrogen-bond acceptors (Lipinski definition) is 3. The van der Waals surface area contributed by atoms with Crippen LogP contribution in [-0.2, 0) is 6.42 Å². The summed E-state index contributed by atoms with van der Waals surface area (Å²) >= 11 is 0. The minimum Gasteiger partial charge on any atom is -0.341 e. The number of rotatable bonds is 2. The van der Waals surface area contributed by atoms with Gasteiger partial charge in [0, 0.05) is 46.8 Å². The first-order valence-electron chi connectivity index (χ1n) is 12.6. The Hall–Kier alpha value is -2.28. The Balaban J connectivity index is -0.000000368. The zero-order valence-corrected chi connectivity index (χ0v) is 23.0. The van der Waals surface area contributed by atoms with Crippen molar-refractivity contribution in [2.24, 2.45) is 5.73 Å². The highest BCUT2D eigenvalue weighted by atomic mass is 16.2.